The molecule has 0 unspecified atom stereocenters. The maximum atomic E-state index is 12.4. The summed E-state index contributed by atoms with van der Waals surface area (Å²) in [6.45, 7) is -0.0440. The van der Waals surface area contributed by atoms with Crippen molar-refractivity contribution >= 4 is 22.9 Å². The number of benzene rings is 1. The highest BCUT2D eigenvalue weighted by molar-refractivity contribution is 6.06. The molecular weight excluding hydrogens is 334 g/mol. The molecular formula is C18H19N5O3. The number of fused-ring (bicyclic) bond motifs is 1. The van der Waals surface area contributed by atoms with Crippen molar-refractivity contribution in [2.45, 2.75) is 25.0 Å². The number of carbonyl (C=O) groups excluding carboxylic acids is 1. The van der Waals surface area contributed by atoms with Gasteiger partial charge in [-0.05, 0) is 25.0 Å². The summed E-state index contributed by atoms with van der Waals surface area (Å²) in [5, 5.41) is 22.2. The minimum atomic E-state index is -0.540. The smallest absolute Gasteiger partial charge is 0.256 e. The molecule has 0 aliphatic heterocycles. The molecule has 0 bridgehead atoms. The number of carbonyl (C=O) groups is 1. The van der Waals surface area contributed by atoms with E-state index < -0.39 is 6.10 Å². The number of hydrogen-bond acceptors (Lipinski definition) is 6. The lowest BCUT2D eigenvalue weighted by molar-refractivity contribution is 0.0906. The number of aliphatic hydroxyl groups is 2. The van der Waals surface area contributed by atoms with E-state index in [-0.39, 0.29) is 24.5 Å². The number of amides is 1. The van der Waals surface area contributed by atoms with Gasteiger partial charge < -0.3 is 20.1 Å². The molecule has 3 aromatic rings. The van der Waals surface area contributed by atoms with Gasteiger partial charge in [-0.2, -0.15) is 0 Å². The van der Waals surface area contributed by atoms with Crippen LogP contribution in [-0.4, -0.2) is 48.4 Å². The minimum absolute atomic E-state index is 0.000255. The van der Waals surface area contributed by atoms with Gasteiger partial charge in [0.05, 0.1) is 12.4 Å². The Labute approximate surface area is 149 Å². The van der Waals surface area contributed by atoms with Crippen molar-refractivity contribution < 1.29 is 15.0 Å². The molecule has 0 saturated heterocycles. The molecule has 8 heteroatoms. The van der Waals surface area contributed by atoms with Crippen molar-refractivity contribution in [1.29, 1.82) is 0 Å². The van der Waals surface area contributed by atoms with Gasteiger partial charge in [0.15, 0.2) is 17.0 Å². The Kier molecular flexibility index (Phi) is 4.36. The Morgan fingerprint density at radius 2 is 2.00 bits per heavy atom. The molecule has 0 spiro atoms. The van der Waals surface area contributed by atoms with Gasteiger partial charge in [-0.1, -0.05) is 18.2 Å². The maximum absolute atomic E-state index is 12.4. The van der Waals surface area contributed by atoms with Gasteiger partial charge >= 0.3 is 0 Å². The first-order chi connectivity index (χ1) is 12.7. The highest BCUT2D eigenvalue weighted by atomic mass is 16.3. The zero-order valence-electron chi connectivity index (χ0n) is 14.0. The van der Waals surface area contributed by atoms with Gasteiger partial charge in [0.1, 0.15) is 6.33 Å². The normalized spacial score (nSPS) is 22.6. The molecule has 1 aromatic carbocycles. The molecule has 2 heterocycles. The summed E-state index contributed by atoms with van der Waals surface area (Å²) in [4.78, 5) is 25.2. The van der Waals surface area contributed by atoms with Crippen molar-refractivity contribution in [2.75, 3.05) is 11.9 Å². The van der Waals surface area contributed by atoms with E-state index in [2.05, 4.69) is 20.3 Å². The summed E-state index contributed by atoms with van der Waals surface area (Å²) in [6.07, 6.45) is 3.68. The van der Waals surface area contributed by atoms with Crippen LogP contribution in [0, 0.1) is 5.92 Å². The van der Waals surface area contributed by atoms with E-state index >= 15 is 0 Å². The van der Waals surface area contributed by atoms with Gasteiger partial charge in [0.25, 0.3) is 5.91 Å². The fraction of sp³-hybridized carbons (Fsp3) is 0.333. The number of rotatable bonds is 4. The molecule has 134 valence electrons. The van der Waals surface area contributed by atoms with E-state index in [1.807, 2.05) is 10.6 Å². The number of nitrogens with one attached hydrogen (secondary N) is 1. The number of anilines is 1. The second-order valence-electron chi connectivity index (χ2n) is 6.50. The molecule has 1 aliphatic carbocycles. The molecule has 2 aromatic heterocycles. The van der Waals surface area contributed by atoms with Crippen LogP contribution in [0.1, 0.15) is 29.2 Å². The predicted octanol–water partition coefficient (Wildman–Crippen LogP) is 1.38. The summed E-state index contributed by atoms with van der Waals surface area (Å²) < 4.78 is 1.88. The number of nitrogens with zero attached hydrogens (tertiary/aromatic N) is 4. The Balaban J connectivity index is 1.63. The van der Waals surface area contributed by atoms with Crippen molar-refractivity contribution in [3.8, 4) is 0 Å². The third-order valence-corrected chi connectivity index (χ3v) is 4.89. The summed E-state index contributed by atoms with van der Waals surface area (Å²) in [7, 11) is 0. The van der Waals surface area contributed by atoms with E-state index in [0.717, 1.165) is 0 Å². The first kappa shape index (κ1) is 16.6. The van der Waals surface area contributed by atoms with Crippen molar-refractivity contribution in [3.63, 3.8) is 0 Å². The summed E-state index contributed by atoms with van der Waals surface area (Å²) in [5.41, 5.74) is 1.63. The third kappa shape index (κ3) is 2.93. The minimum Gasteiger partial charge on any atom is -0.396 e. The van der Waals surface area contributed by atoms with E-state index in [0.29, 0.717) is 35.4 Å². The van der Waals surface area contributed by atoms with Crippen molar-refractivity contribution in [2.24, 2.45) is 5.92 Å². The van der Waals surface area contributed by atoms with Crippen LogP contribution in [0.2, 0.25) is 0 Å². The first-order valence-corrected chi connectivity index (χ1v) is 8.50. The van der Waals surface area contributed by atoms with Crippen LogP contribution >= 0.6 is 0 Å². The number of imidazole rings is 1. The Bertz CT molecular complexity index is 927. The van der Waals surface area contributed by atoms with Gasteiger partial charge in [-0.25, -0.2) is 15.0 Å². The fourth-order valence-corrected chi connectivity index (χ4v) is 3.48. The van der Waals surface area contributed by atoms with Crippen LogP contribution in [0.4, 0.5) is 5.82 Å². The Hall–Kier alpha value is -2.84. The molecule has 1 fully saturated rings. The largest absolute Gasteiger partial charge is 0.396 e. The number of hydrogen-bond donors (Lipinski definition) is 3. The lowest BCUT2D eigenvalue weighted by Gasteiger charge is -2.12. The lowest BCUT2D eigenvalue weighted by atomic mass is 10.1. The second-order valence-corrected chi connectivity index (χ2v) is 6.50. The monoisotopic (exact) mass is 353 g/mol. The standard InChI is InChI=1S/C18H19N5O3/c24-8-12-6-13(7-14(12)25)23-10-21-15-16(19-9-20-17(15)23)22-18(26)11-4-2-1-3-5-11/h1-5,9-10,12-14,24-25H,6-8H2,(H,19,20,22,26)/t12-,13-,14+/m1/s1. The summed E-state index contributed by atoms with van der Waals surface area (Å²) in [6, 6.07) is 8.88. The van der Waals surface area contributed by atoms with E-state index in [9.17, 15) is 15.0 Å². The van der Waals surface area contributed by atoms with Crippen LogP contribution < -0.4 is 5.32 Å². The van der Waals surface area contributed by atoms with Gasteiger partial charge in [0, 0.05) is 24.1 Å². The molecule has 3 atom stereocenters. The summed E-state index contributed by atoms with van der Waals surface area (Å²) >= 11 is 0. The predicted molar refractivity (Wildman–Crippen MR) is 94.6 cm³/mol. The molecule has 3 N–H and O–H groups in total. The highest BCUT2D eigenvalue weighted by Gasteiger charge is 2.34. The van der Waals surface area contributed by atoms with Crippen molar-refractivity contribution in [3.05, 3.63) is 48.5 Å². The Morgan fingerprint density at radius 1 is 1.19 bits per heavy atom. The molecule has 1 aliphatic rings. The SMILES string of the molecule is O=C(Nc1ncnc2c1ncn2[C@@H]1C[C@H](CO)[C@@H](O)C1)c1ccccc1. The fourth-order valence-electron chi connectivity index (χ4n) is 3.48. The quantitative estimate of drug-likeness (QED) is 0.653. The average molecular weight is 353 g/mol. The number of aliphatic hydroxyl groups excluding tert-OH is 2. The third-order valence-electron chi connectivity index (χ3n) is 4.89. The maximum Gasteiger partial charge on any atom is 0.256 e. The van der Waals surface area contributed by atoms with E-state index in [1.54, 1.807) is 30.6 Å². The lowest BCUT2D eigenvalue weighted by Crippen LogP contribution is -2.16. The molecule has 1 amide bonds. The zero-order valence-corrected chi connectivity index (χ0v) is 14.0. The molecule has 1 saturated carbocycles. The van der Waals surface area contributed by atoms with Gasteiger partial charge in [0.2, 0.25) is 0 Å². The average Bonchev–Trinajstić information content (AvgIpc) is 3.26. The van der Waals surface area contributed by atoms with E-state index in [1.165, 1.54) is 6.33 Å². The Morgan fingerprint density at radius 3 is 2.73 bits per heavy atom. The molecule has 0 radical (unpaired) electrons. The van der Waals surface area contributed by atoms with Crippen LogP contribution in [0.3, 0.4) is 0 Å². The van der Waals surface area contributed by atoms with Gasteiger partial charge in [-0.15, -0.1) is 0 Å². The van der Waals surface area contributed by atoms with Gasteiger partial charge in [-0.3, -0.25) is 4.79 Å². The second kappa shape index (κ2) is 6.81. The van der Waals surface area contributed by atoms with Crippen LogP contribution in [0.25, 0.3) is 11.2 Å². The summed E-state index contributed by atoms with van der Waals surface area (Å²) in [5.74, 6) is -0.0619. The zero-order chi connectivity index (χ0) is 18.1. The molecule has 8 nitrogen and oxygen atoms in total. The van der Waals surface area contributed by atoms with Crippen molar-refractivity contribution in [1.82, 2.24) is 19.5 Å². The number of aromatic nitrogens is 4. The van der Waals surface area contributed by atoms with Crippen LogP contribution in [0.5, 0.6) is 0 Å². The molecule has 26 heavy (non-hydrogen) atoms. The van der Waals surface area contributed by atoms with E-state index in [4.69, 9.17) is 0 Å². The first-order valence-electron chi connectivity index (χ1n) is 8.50. The van der Waals surface area contributed by atoms with Crippen LogP contribution in [-0.2, 0) is 0 Å². The topological polar surface area (TPSA) is 113 Å². The molecule has 4 rings (SSSR count). The highest BCUT2D eigenvalue weighted by Crippen LogP contribution is 2.36. The van der Waals surface area contributed by atoms with Crippen LogP contribution in [0.15, 0.2) is 43.0 Å².